The van der Waals surface area contributed by atoms with Crippen LogP contribution in [0.4, 0.5) is 17.2 Å². The Labute approximate surface area is 244 Å². The van der Waals surface area contributed by atoms with E-state index in [1.165, 1.54) is 6.20 Å². The van der Waals surface area contributed by atoms with Crippen LogP contribution in [0.1, 0.15) is 90.0 Å². The summed E-state index contributed by atoms with van der Waals surface area (Å²) in [6.45, 7) is 13.6. The van der Waals surface area contributed by atoms with Crippen LogP contribution in [0, 0.1) is 5.92 Å². The lowest BCUT2D eigenvalue weighted by atomic mass is 9.78. The first-order valence-electron chi connectivity index (χ1n) is 14.7. The number of hydrogen-bond acceptors (Lipinski definition) is 7. The molecule has 9 nitrogen and oxygen atoms in total. The van der Waals surface area contributed by atoms with E-state index < -0.39 is 11.8 Å². The molecule has 1 aromatic heterocycles. The van der Waals surface area contributed by atoms with Crippen LogP contribution in [0.3, 0.4) is 0 Å². The van der Waals surface area contributed by atoms with E-state index in [2.05, 4.69) is 56.9 Å². The largest absolute Gasteiger partial charge is 0.398 e. The van der Waals surface area contributed by atoms with Crippen LogP contribution < -0.4 is 16.8 Å². The number of nitrogen functional groups attached to an aromatic ring is 2. The number of anilines is 3. The summed E-state index contributed by atoms with van der Waals surface area (Å²) < 4.78 is 0. The molecule has 4 rings (SSSR count). The fourth-order valence-corrected chi connectivity index (χ4v) is 6.44. The maximum absolute atomic E-state index is 13.4. The van der Waals surface area contributed by atoms with Gasteiger partial charge in [0, 0.05) is 35.1 Å². The minimum atomic E-state index is -0.682. The zero-order valence-electron chi connectivity index (χ0n) is 25.7. The molecule has 0 radical (unpaired) electrons. The molecule has 3 heterocycles. The fraction of sp³-hybridized carbons (Fsp3) is 0.562. The first-order chi connectivity index (χ1) is 19.2. The average molecular weight is 562 g/mol. The van der Waals surface area contributed by atoms with Crippen molar-refractivity contribution in [1.29, 1.82) is 0 Å². The SMILES string of the molecule is CCc1cc(NC(=O)C(=O)N2C[C@@H](C)CC[C@@H]2c2ccc(C=NC3CC(C)(C)N(C)C(C)(C)C3)c(N)c2)cnc1N. The molecular weight excluding hydrogens is 514 g/mol. The number of hydrogen-bond donors (Lipinski definition) is 3. The Bertz CT molecular complexity index is 1300. The monoisotopic (exact) mass is 561 g/mol. The highest BCUT2D eigenvalue weighted by molar-refractivity contribution is 6.39. The molecule has 2 aliphatic rings. The van der Waals surface area contributed by atoms with Gasteiger partial charge < -0.3 is 21.7 Å². The Kier molecular flexibility index (Phi) is 8.78. The van der Waals surface area contributed by atoms with E-state index in [0.29, 0.717) is 36.1 Å². The minimum Gasteiger partial charge on any atom is -0.398 e. The van der Waals surface area contributed by atoms with Crippen LogP contribution in [0.5, 0.6) is 0 Å². The Morgan fingerprint density at radius 2 is 1.80 bits per heavy atom. The Hall–Kier alpha value is -3.46. The number of aryl methyl sites for hydroxylation is 1. The molecule has 2 amide bonds. The van der Waals surface area contributed by atoms with E-state index in [-0.39, 0.29) is 23.2 Å². The highest BCUT2D eigenvalue weighted by atomic mass is 16.2. The predicted molar refractivity (Wildman–Crippen MR) is 167 cm³/mol. The topological polar surface area (TPSA) is 130 Å². The van der Waals surface area contributed by atoms with E-state index in [1.54, 1.807) is 11.0 Å². The third kappa shape index (κ3) is 6.72. The molecule has 41 heavy (non-hydrogen) atoms. The van der Waals surface area contributed by atoms with Crippen molar-refractivity contribution in [2.24, 2.45) is 10.9 Å². The molecule has 2 atom stereocenters. The van der Waals surface area contributed by atoms with Crippen molar-refractivity contribution in [3.8, 4) is 0 Å². The van der Waals surface area contributed by atoms with E-state index in [1.807, 2.05) is 31.3 Å². The van der Waals surface area contributed by atoms with Gasteiger partial charge in [0.15, 0.2) is 0 Å². The fourth-order valence-electron chi connectivity index (χ4n) is 6.44. The lowest BCUT2D eigenvalue weighted by Crippen LogP contribution is -2.59. The highest BCUT2D eigenvalue weighted by Gasteiger charge is 2.42. The second kappa shape index (κ2) is 11.8. The van der Waals surface area contributed by atoms with Gasteiger partial charge >= 0.3 is 11.8 Å². The molecule has 2 fully saturated rings. The molecule has 1 aromatic carbocycles. The maximum Gasteiger partial charge on any atom is 0.313 e. The van der Waals surface area contributed by atoms with E-state index in [4.69, 9.17) is 16.5 Å². The third-order valence-electron chi connectivity index (χ3n) is 9.12. The highest BCUT2D eigenvalue weighted by Crippen LogP contribution is 2.38. The standard InChI is InChI=1S/C32H47N7O2/c1-8-21-13-24(18-36-28(21)34)37-29(40)30(41)39-19-20(2)9-12-27(39)22-10-11-23(26(33)14-22)17-35-25-15-31(3,4)38(7)32(5,6)16-25/h10-11,13-14,17-18,20,25,27H,8-9,12,15-16,19,33H2,1-7H3,(H2,34,36)(H,37,40)/t20-,27+/m0/s1. The molecule has 9 heteroatoms. The van der Waals surface area contributed by atoms with Crippen LogP contribution in [0.15, 0.2) is 35.5 Å². The number of benzene rings is 1. The number of carbonyl (C=O) groups excluding carboxylic acids is 2. The molecular formula is C32H47N7O2. The van der Waals surface area contributed by atoms with Crippen LogP contribution in [-0.4, -0.2) is 63.5 Å². The first-order valence-corrected chi connectivity index (χ1v) is 14.7. The number of nitrogens with one attached hydrogen (secondary N) is 1. The van der Waals surface area contributed by atoms with Crippen LogP contribution in [0.25, 0.3) is 0 Å². The van der Waals surface area contributed by atoms with Crippen molar-refractivity contribution in [3.05, 3.63) is 47.2 Å². The van der Waals surface area contributed by atoms with Gasteiger partial charge in [0.05, 0.1) is 24.0 Å². The number of piperidine rings is 2. The van der Waals surface area contributed by atoms with Gasteiger partial charge in [0.1, 0.15) is 5.82 Å². The average Bonchev–Trinajstić information content (AvgIpc) is 2.91. The van der Waals surface area contributed by atoms with Gasteiger partial charge in [-0.05, 0) is 96.0 Å². The Balaban J connectivity index is 1.50. The number of aliphatic imine (C=N–C) groups is 1. The summed E-state index contributed by atoms with van der Waals surface area (Å²) in [6, 6.07) is 7.66. The number of aromatic nitrogens is 1. The van der Waals surface area contributed by atoms with Gasteiger partial charge in [-0.25, -0.2) is 4.98 Å². The number of pyridine rings is 1. The van der Waals surface area contributed by atoms with Crippen molar-refractivity contribution in [1.82, 2.24) is 14.8 Å². The second-order valence-electron chi connectivity index (χ2n) is 13.1. The third-order valence-corrected chi connectivity index (χ3v) is 9.12. The van der Waals surface area contributed by atoms with Crippen LogP contribution >= 0.6 is 0 Å². The molecule has 2 aliphatic heterocycles. The predicted octanol–water partition coefficient (Wildman–Crippen LogP) is 4.82. The molecule has 0 spiro atoms. The number of rotatable bonds is 5. The number of amides is 2. The second-order valence-corrected chi connectivity index (χ2v) is 13.1. The van der Waals surface area contributed by atoms with Gasteiger partial charge in [0.25, 0.3) is 0 Å². The summed E-state index contributed by atoms with van der Waals surface area (Å²) >= 11 is 0. The lowest BCUT2D eigenvalue weighted by Gasteiger charge is -2.52. The van der Waals surface area contributed by atoms with E-state index >= 15 is 0 Å². The first kappa shape index (κ1) is 30.5. The molecule has 0 saturated carbocycles. The van der Waals surface area contributed by atoms with Crippen LogP contribution in [-0.2, 0) is 16.0 Å². The summed E-state index contributed by atoms with van der Waals surface area (Å²) in [5.74, 6) is -0.530. The van der Waals surface area contributed by atoms with Crippen molar-refractivity contribution in [2.45, 2.75) is 96.8 Å². The minimum absolute atomic E-state index is 0.0578. The summed E-state index contributed by atoms with van der Waals surface area (Å²) in [6.07, 6.45) is 7.73. The molecule has 222 valence electrons. The number of likely N-dealkylation sites (tertiary alicyclic amines) is 2. The lowest BCUT2D eigenvalue weighted by molar-refractivity contribution is -0.146. The molecule has 0 unspecified atom stereocenters. The van der Waals surface area contributed by atoms with Gasteiger partial charge in [0.2, 0.25) is 0 Å². The van der Waals surface area contributed by atoms with Gasteiger partial charge in [-0.1, -0.05) is 26.0 Å². The summed E-state index contributed by atoms with van der Waals surface area (Å²) in [5, 5.41) is 2.72. The zero-order valence-corrected chi connectivity index (χ0v) is 25.7. The molecule has 2 saturated heterocycles. The van der Waals surface area contributed by atoms with Gasteiger partial charge in [-0.3, -0.25) is 19.5 Å². The quantitative estimate of drug-likeness (QED) is 0.273. The van der Waals surface area contributed by atoms with E-state index in [9.17, 15) is 9.59 Å². The number of carbonyl (C=O) groups is 2. The normalized spacial score (nSPS) is 23.0. The maximum atomic E-state index is 13.4. The number of nitrogens with zero attached hydrogens (tertiary/aromatic N) is 4. The number of nitrogens with two attached hydrogens (primary N) is 2. The summed E-state index contributed by atoms with van der Waals surface area (Å²) in [4.78, 5) is 39.7. The van der Waals surface area contributed by atoms with Gasteiger partial charge in [-0.15, -0.1) is 0 Å². The Morgan fingerprint density at radius 3 is 2.44 bits per heavy atom. The van der Waals surface area contributed by atoms with Gasteiger partial charge in [-0.2, -0.15) is 0 Å². The van der Waals surface area contributed by atoms with Crippen molar-refractivity contribution in [3.63, 3.8) is 0 Å². The van der Waals surface area contributed by atoms with E-state index in [0.717, 1.165) is 42.4 Å². The summed E-state index contributed by atoms with van der Waals surface area (Å²) in [5.41, 5.74) is 16.2. The molecule has 0 bridgehead atoms. The zero-order chi connectivity index (χ0) is 30.1. The van der Waals surface area contributed by atoms with Crippen molar-refractivity contribution < 1.29 is 9.59 Å². The summed E-state index contributed by atoms with van der Waals surface area (Å²) in [7, 11) is 2.19. The smallest absolute Gasteiger partial charge is 0.313 e. The molecule has 2 aromatic rings. The van der Waals surface area contributed by atoms with Crippen molar-refractivity contribution >= 4 is 35.2 Å². The molecule has 5 N–H and O–H groups in total. The molecule has 0 aliphatic carbocycles. The Morgan fingerprint density at radius 1 is 1.12 bits per heavy atom. The van der Waals surface area contributed by atoms with Crippen LogP contribution in [0.2, 0.25) is 0 Å². The van der Waals surface area contributed by atoms with Crippen molar-refractivity contribution in [2.75, 3.05) is 30.4 Å².